The number of aliphatic imine (C=N–C) groups is 1. The molecule has 0 amide bonds. The van der Waals surface area contributed by atoms with Gasteiger partial charge in [0.25, 0.3) is 5.69 Å². The molecule has 0 aliphatic carbocycles. The maximum absolute atomic E-state index is 11.2. The Bertz CT molecular complexity index is 1050. The van der Waals surface area contributed by atoms with E-state index in [9.17, 15) is 20.0 Å². The molecule has 1 aromatic heterocycles. The number of benzene rings is 2. The van der Waals surface area contributed by atoms with Crippen LogP contribution in [-0.4, -0.2) is 23.4 Å². The summed E-state index contributed by atoms with van der Waals surface area (Å²) in [6.07, 6.45) is 1.30. The standard InChI is InChI=1S/C17H12N2O6/c1-24-15-8-13(19(22)23)7-11(17(15)21)9-18-12-3-4-14-10(6-12)2-5-16(20)25-14/h2-9,21H,1H3. The van der Waals surface area contributed by atoms with Crippen molar-refractivity contribution in [3.05, 3.63) is 68.6 Å². The molecule has 0 saturated heterocycles. The summed E-state index contributed by atoms with van der Waals surface area (Å²) in [5.41, 5.74) is 0.414. The average Bonchev–Trinajstić information content (AvgIpc) is 2.60. The van der Waals surface area contributed by atoms with Gasteiger partial charge in [-0.1, -0.05) is 0 Å². The topological polar surface area (TPSA) is 115 Å². The molecule has 0 unspecified atom stereocenters. The first-order valence-corrected chi connectivity index (χ1v) is 7.11. The van der Waals surface area contributed by atoms with Gasteiger partial charge in [0.2, 0.25) is 0 Å². The summed E-state index contributed by atoms with van der Waals surface area (Å²) in [6, 6.07) is 10.1. The normalized spacial score (nSPS) is 11.1. The number of ether oxygens (including phenoxy) is 1. The lowest BCUT2D eigenvalue weighted by atomic mass is 10.1. The van der Waals surface area contributed by atoms with E-state index >= 15 is 0 Å². The number of hydrogen-bond acceptors (Lipinski definition) is 7. The molecule has 0 atom stereocenters. The van der Waals surface area contributed by atoms with E-state index in [1.54, 1.807) is 24.3 Å². The van der Waals surface area contributed by atoms with Gasteiger partial charge in [0.15, 0.2) is 11.5 Å². The average molecular weight is 340 g/mol. The van der Waals surface area contributed by atoms with Gasteiger partial charge < -0.3 is 14.3 Å². The van der Waals surface area contributed by atoms with Gasteiger partial charge in [-0.3, -0.25) is 15.1 Å². The van der Waals surface area contributed by atoms with Crippen molar-refractivity contribution in [2.75, 3.05) is 7.11 Å². The molecular formula is C17H12N2O6. The number of nitro benzene ring substituents is 1. The smallest absolute Gasteiger partial charge is 0.336 e. The lowest BCUT2D eigenvalue weighted by Gasteiger charge is -2.06. The van der Waals surface area contributed by atoms with Crippen molar-refractivity contribution in [2.24, 2.45) is 4.99 Å². The summed E-state index contributed by atoms with van der Waals surface area (Å²) >= 11 is 0. The van der Waals surface area contributed by atoms with E-state index in [0.717, 1.165) is 6.07 Å². The van der Waals surface area contributed by atoms with Crippen LogP contribution in [0.2, 0.25) is 0 Å². The van der Waals surface area contributed by atoms with E-state index in [1.165, 1.54) is 25.5 Å². The number of methoxy groups -OCH3 is 1. The van der Waals surface area contributed by atoms with Crippen LogP contribution in [0.5, 0.6) is 11.5 Å². The summed E-state index contributed by atoms with van der Waals surface area (Å²) < 4.78 is 9.97. The minimum absolute atomic E-state index is 0.0177. The van der Waals surface area contributed by atoms with Crippen LogP contribution in [0.4, 0.5) is 11.4 Å². The highest BCUT2D eigenvalue weighted by Gasteiger charge is 2.15. The number of non-ortho nitro benzene ring substituents is 1. The Hall–Kier alpha value is -3.68. The number of rotatable bonds is 4. The molecule has 25 heavy (non-hydrogen) atoms. The zero-order valence-corrected chi connectivity index (χ0v) is 13.0. The SMILES string of the molecule is COc1cc([N+](=O)[O-])cc(C=Nc2ccc3oc(=O)ccc3c2)c1O. The first-order valence-electron chi connectivity index (χ1n) is 7.11. The number of hydrogen-bond donors (Lipinski definition) is 1. The second-order valence-corrected chi connectivity index (χ2v) is 5.08. The maximum atomic E-state index is 11.2. The molecule has 3 aromatic rings. The molecule has 3 rings (SSSR count). The second kappa shape index (κ2) is 6.44. The Morgan fingerprint density at radius 1 is 1.24 bits per heavy atom. The monoisotopic (exact) mass is 340 g/mol. The van der Waals surface area contributed by atoms with Crippen LogP contribution in [-0.2, 0) is 0 Å². The van der Waals surface area contributed by atoms with E-state index < -0.39 is 10.5 Å². The van der Waals surface area contributed by atoms with E-state index in [1.807, 2.05) is 0 Å². The van der Waals surface area contributed by atoms with Gasteiger partial charge in [-0.25, -0.2) is 4.79 Å². The Kier molecular flexibility index (Phi) is 4.17. The predicted octanol–water partition coefficient (Wildman–Crippen LogP) is 3.17. The fraction of sp³-hybridized carbons (Fsp3) is 0.0588. The highest BCUT2D eigenvalue weighted by atomic mass is 16.6. The molecule has 0 aliphatic heterocycles. The highest BCUT2D eigenvalue weighted by molar-refractivity contribution is 5.89. The zero-order valence-electron chi connectivity index (χ0n) is 13.0. The van der Waals surface area contributed by atoms with Crippen LogP contribution in [0.3, 0.4) is 0 Å². The third-order valence-corrected chi connectivity index (χ3v) is 3.48. The Morgan fingerprint density at radius 3 is 2.76 bits per heavy atom. The first-order chi connectivity index (χ1) is 12.0. The Balaban J connectivity index is 2.01. The Morgan fingerprint density at radius 2 is 2.04 bits per heavy atom. The van der Waals surface area contributed by atoms with Crippen molar-refractivity contribution in [1.82, 2.24) is 0 Å². The molecule has 1 heterocycles. The number of phenols is 1. The number of aromatic hydroxyl groups is 1. The molecule has 0 aliphatic rings. The van der Waals surface area contributed by atoms with Crippen molar-refractivity contribution in [1.29, 1.82) is 0 Å². The third-order valence-electron chi connectivity index (χ3n) is 3.48. The maximum Gasteiger partial charge on any atom is 0.336 e. The van der Waals surface area contributed by atoms with Gasteiger partial charge in [-0.05, 0) is 24.3 Å². The largest absolute Gasteiger partial charge is 0.504 e. The fourth-order valence-electron chi connectivity index (χ4n) is 2.26. The van der Waals surface area contributed by atoms with Crippen LogP contribution in [0, 0.1) is 10.1 Å². The number of nitro groups is 1. The minimum Gasteiger partial charge on any atom is -0.504 e. The molecule has 0 radical (unpaired) electrons. The lowest BCUT2D eigenvalue weighted by molar-refractivity contribution is -0.385. The molecule has 0 spiro atoms. The van der Waals surface area contributed by atoms with Gasteiger partial charge in [0.1, 0.15) is 5.58 Å². The summed E-state index contributed by atoms with van der Waals surface area (Å²) in [5, 5.41) is 21.7. The van der Waals surface area contributed by atoms with Crippen molar-refractivity contribution in [3.8, 4) is 11.5 Å². The number of nitrogens with zero attached hydrogens (tertiary/aromatic N) is 2. The second-order valence-electron chi connectivity index (χ2n) is 5.08. The molecule has 2 aromatic carbocycles. The molecule has 1 N–H and O–H groups in total. The fourth-order valence-corrected chi connectivity index (χ4v) is 2.26. The van der Waals surface area contributed by atoms with Gasteiger partial charge in [-0.15, -0.1) is 0 Å². The lowest BCUT2D eigenvalue weighted by Crippen LogP contribution is -1.94. The van der Waals surface area contributed by atoms with E-state index in [0.29, 0.717) is 16.7 Å². The molecule has 0 saturated carbocycles. The third kappa shape index (κ3) is 3.32. The molecule has 8 nitrogen and oxygen atoms in total. The zero-order chi connectivity index (χ0) is 18.0. The number of phenolic OH excluding ortho intramolecular Hbond substituents is 1. The summed E-state index contributed by atoms with van der Waals surface area (Å²) in [6.45, 7) is 0. The molecular weight excluding hydrogens is 328 g/mol. The van der Waals surface area contributed by atoms with Crippen LogP contribution in [0.25, 0.3) is 11.0 Å². The van der Waals surface area contributed by atoms with Crippen LogP contribution in [0.15, 0.2) is 56.7 Å². The summed E-state index contributed by atoms with van der Waals surface area (Å²) in [5.74, 6) is -0.264. The van der Waals surface area contributed by atoms with Gasteiger partial charge >= 0.3 is 5.63 Å². The van der Waals surface area contributed by atoms with Crippen LogP contribution in [0.1, 0.15) is 5.56 Å². The van der Waals surface area contributed by atoms with Gasteiger partial charge in [0, 0.05) is 29.3 Å². The van der Waals surface area contributed by atoms with Crippen LogP contribution >= 0.6 is 0 Å². The van der Waals surface area contributed by atoms with Crippen LogP contribution < -0.4 is 10.4 Å². The minimum atomic E-state index is -0.586. The molecule has 126 valence electrons. The van der Waals surface area contributed by atoms with Gasteiger partial charge in [0.05, 0.1) is 23.8 Å². The first kappa shape index (κ1) is 16.2. The van der Waals surface area contributed by atoms with Crippen molar-refractivity contribution in [2.45, 2.75) is 0 Å². The van der Waals surface area contributed by atoms with E-state index in [4.69, 9.17) is 9.15 Å². The predicted molar refractivity (Wildman–Crippen MR) is 91.1 cm³/mol. The highest BCUT2D eigenvalue weighted by Crippen LogP contribution is 2.33. The molecule has 0 fully saturated rings. The van der Waals surface area contributed by atoms with Crippen molar-refractivity contribution >= 4 is 28.6 Å². The Labute approximate surface area is 140 Å². The molecule has 0 bridgehead atoms. The van der Waals surface area contributed by atoms with E-state index in [-0.39, 0.29) is 22.7 Å². The summed E-state index contributed by atoms with van der Waals surface area (Å²) in [4.78, 5) is 25.8. The van der Waals surface area contributed by atoms with Crippen molar-refractivity contribution in [3.63, 3.8) is 0 Å². The summed E-state index contributed by atoms with van der Waals surface area (Å²) in [7, 11) is 1.30. The van der Waals surface area contributed by atoms with Gasteiger partial charge in [-0.2, -0.15) is 0 Å². The molecule has 8 heteroatoms. The number of fused-ring (bicyclic) bond motifs is 1. The van der Waals surface area contributed by atoms with E-state index in [2.05, 4.69) is 4.99 Å². The van der Waals surface area contributed by atoms with Crippen molar-refractivity contribution < 1.29 is 19.2 Å². The quantitative estimate of drug-likeness (QED) is 0.337.